The van der Waals surface area contributed by atoms with Crippen LogP contribution in [0.5, 0.6) is 5.75 Å². The molecule has 0 saturated carbocycles. The van der Waals surface area contributed by atoms with Crippen molar-refractivity contribution in [3.8, 4) is 5.75 Å². The van der Waals surface area contributed by atoms with Gasteiger partial charge in [0.15, 0.2) is 6.61 Å². The van der Waals surface area contributed by atoms with Gasteiger partial charge in [0, 0.05) is 12.4 Å². The molecule has 0 atom stereocenters. The number of rotatable bonds is 7. The number of carboxylic acid groups (broad SMARTS) is 1. The smallest absolute Gasteiger partial charge is 0.305 e. The number of carbonyl (C=O) groups is 2. The highest BCUT2D eigenvalue weighted by Crippen LogP contribution is 2.14. The van der Waals surface area contributed by atoms with E-state index in [0.29, 0.717) is 11.6 Å². The van der Waals surface area contributed by atoms with E-state index in [9.17, 15) is 9.59 Å². The van der Waals surface area contributed by atoms with E-state index < -0.39 is 5.97 Å². The minimum absolute atomic E-state index is 0.0965. The number of aliphatic carboxylic acids is 1. The fraction of sp³-hybridized carbons (Fsp3) is 0.333. The molecule has 0 bridgehead atoms. The molecule has 0 spiro atoms. The molecule has 0 fully saturated rings. The number of carbonyl (C=O) groups excluding carboxylic acids is 1. The minimum atomic E-state index is -0.953. The number of halogens is 1. The summed E-state index contributed by atoms with van der Waals surface area (Å²) in [5, 5.41) is 10.8. The molecule has 0 unspecified atom stereocenters. The lowest BCUT2D eigenvalue weighted by Crippen LogP contribution is -2.30. The van der Waals surface area contributed by atoms with Crippen molar-refractivity contribution in [1.82, 2.24) is 5.32 Å². The molecule has 0 radical (unpaired) electrons. The van der Waals surface area contributed by atoms with Gasteiger partial charge in [-0.15, -0.1) is 11.6 Å². The highest BCUT2D eigenvalue weighted by molar-refractivity contribution is 6.17. The predicted octanol–water partition coefficient (Wildman–Crippen LogP) is 1.40. The third-order valence-electron chi connectivity index (χ3n) is 2.08. The molecule has 0 aliphatic carbocycles. The van der Waals surface area contributed by atoms with E-state index in [1.165, 1.54) is 0 Å². The van der Waals surface area contributed by atoms with Gasteiger partial charge < -0.3 is 15.2 Å². The van der Waals surface area contributed by atoms with Gasteiger partial charge in [0.05, 0.1) is 6.42 Å². The van der Waals surface area contributed by atoms with E-state index in [1.807, 2.05) is 6.07 Å². The van der Waals surface area contributed by atoms with E-state index >= 15 is 0 Å². The maximum atomic E-state index is 11.3. The molecule has 0 aliphatic rings. The van der Waals surface area contributed by atoms with Crippen LogP contribution >= 0.6 is 11.6 Å². The van der Waals surface area contributed by atoms with E-state index in [2.05, 4.69) is 5.32 Å². The zero-order chi connectivity index (χ0) is 13.4. The molecule has 18 heavy (non-hydrogen) atoms. The average Bonchev–Trinajstić information content (AvgIpc) is 2.36. The summed E-state index contributed by atoms with van der Waals surface area (Å²) in [5.74, 6) is -0.373. The molecule has 1 rings (SSSR count). The minimum Gasteiger partial charge on any atom is -0.484 e. The lowest BCUT2D eigenvalue weighted by Gasteiger charge is -2.07. The van der Waals surface area contributed by atoms with Gasteiger partial charge in [0.2, 0.25) is 0 Å². The highest BCUT2D eigenvalue weighted by atomic mass is 35.5. The Kier molecular flexibility index (Phi) is 6.00. The second-order valence-electron chi connectivity index (χ2n) is 3.56. The zero-order valence-electron chi connectivity index (χ0n) is 9.69. The number of nitrogens with one attached hydrogen (secondary N) is 1. The Morgan fingerprint density at radius 3 is 2.83 bits per heavy atom. The van der Waals surface area contributed by atoms with E-state index in [-0.39, 0.29) is 25.5 Å². The summed E-state index contributed by atoms with van der Waals surface area (Å²) in [6, 6.07) is 7.11. The lowest BCUT2D eigenvalue weighted by molar-refractivity contribution is -0.137. The van der Waals surface area contributed by atoms with Crippen LogP contribution in [-0.4, -0.2) is 30.1 Å². The topological polar surface area (TPSA) is 75.6 Å². The number of hydrogen-bond donors (Lipinski definition) is 2. The van der Waals surface area contributed by atoms with Crippen LogP contribution in [0.1, 0.15) is 12.0 Å². The van der Waals surface area contributed by atoms with Crippen molar-refractivity contribution >= 4 is 23.5 Å². The lowest BCUT2D eigenvalue weighted by atomic mass is 10.2. The van der Waals surface area contributed by atoms with Crippen molar-refractivity contribution in [2.24, 2.45) is 0 Å². The first kappa shape index (κ1) is 14.3. The number of ether oxygens (including phenoxy) is 1. The number of benzene rings is 1. The number of amides is 1. The summed E-state index contributed by atoms with van der Waals surface area (Å²) in [6.45, 7) is -0.0510. The zero-order valence-corrected chi connectivity index (χ0v) is 10.4. The van der Waals surface area contributed by atoms with Gasteiger partial charge in [0.1, 0.15) is 5.75 Å². The fourth-order valence-electron chi connectivity index (χ4n) is 1.23. The summed E-state index contributed by atoms with van der Waals surface area (Å²) in [5.41, 5.74) is 0.903. The van der Waals surface area contributed by atoms with Crippen LogP contribution in [0.2, 0.25) is 0 Å². The van der Waals surface area contributed by atoms with Crippen molar-refractivity contribution < 1.29 is 19.4 Å². The highest BCUT2D eigenvalue weighted by Gasteiger charge is 2.04. The summed E-state index contributed by atoms with van der Waals surface area (Å²) >= 11 is 5.67. The summed E-state index contributed by atoms with van der Waals surface area (Å²) in [7, 11) is 0. The molecule has 1 aromatic rings. The van der Waals surface area contributed by atoms with E-state index in [1.54, 1.807) is 18.2 Å². The van der Waals surface area contributed by atoms with Crippen molar-refractivity contribution in [2.45, 2.75) is 12.3 Å². The predicted molar refractivity (Wildman–Crippen MR) is 66.8 cm³/mol. The molecule has 2 N–H and O–H groups in total. The van der Waals surface area contributed by atoms with Gasteiger partial charge in [-0.05, 0) is 17.7 Å². The quantitative estimate of drug-likeness (QED) is 0.735. The Morgan fingerprint density at radius 2 is 2.17 bits per heavy atom. The molecule has 0 saturated heterocycles. The van der Waals surface area contributed by atoms with Crippen molar-refractivity contribution in [3.05, 3.63) is 29.8 Å². The number of alkyl halides is 1. The Hall–Kier alpha value is -1.75. The van der Waals surface area contributed by atoms with Crippen molar-refractivity contribution in [3.63, 3.8) is 0 Å². The van der Waals surface area contributed by atoms with Gasteiger partial charge in [-0.1, -0.05) is 12.1 Å². The third-order valence-corrected chi connectivity index (χ3v) is 2.39. The number of hydrogen-bond acceptors (Lipinski definition) is 3. The maximum Gasteiger partial charge on any atom is 0.305 e. The first-order chi connectivity index (χ1) is 8.61. The van der Waals surface area contributed by atoms with Crippen molar-refractivity contribution in [1.29, 1.82) is 0 Å². The molecule has 98 valence electrons. The standard InChI is InChI=1S/C12H14ClNO4/c13-7-9-2-1-3-10(6-9)18-8-11(15)14-5-4-12(16)17/h1-3,6H,4-5,7-8H2,(H,14,15)(H,16,17). The van der Waals surface area contributed by atoms with Crippen LogP contribution in [0.15, 0.2) is 24.3 Å². The molecule has 1 aromatic carbocycles. The van der Waals surface area contributed by atoms with Gasteiger partial charge >= 0.3 is 5.97 Å². The van der Waals surface area contributed by atoms with E-state index in [4.69, 9.17) is 21.4 Å². The SMILES string of the molecule is O=C(O)CCNC(=O)COc1cccc(CCl)c1. The first-order valence-electron chi connectivity index (χ1n) is 5.38. The Morgan fingerprint density at radius 1 is 1.39 bits per heavy atom. The third kappa shape index (κ3) is 5.54. The van der Waals surface area contributed by atoms with Gasteiger partial charge in [-0.2, -0.15) is 0 Å². The van der Waals surface area contributed by atoms with Crippen LogP contribution in [0.25, 0.3) is 0 Å². The molecule has 0 aromatic heterocycles. The summed E-state index contributed by atoms with van der Waals surface area (Å²) in [6.07, 6.45) is -0.104. The van der Waals surface area contributed by atoms with Gasteiger partial charge in [-0.25, -0.2) is 0 Å². The van der Waals surface area contributed by atoms with Crippen LogP contribution in [0, 0.1) is 0 Å². The van der Waals surface area contributed by atoms with Crippen molar-refractivity contribution in [2.75, 3.05) is 13.2 Å². The normalized spacial score (nSPS) is 9.83. The van der Waals surface area contributed by atoms with Gasteiger partial charge in [-0.3, -0.25) is 9.59 Å². The summed E-state index contributed by atoms with van der Waals surface area (Å²) < 4.78 is 5.25. The Balaban J connectivity index is 2.31. The largest absolute Gasteiger partial charge is 0.484 e. The molecule has 1 amide bonds. The fourth-order valence-corrected chi connectivity index (χ4v) is 1.39. The van der Waals surface area contributed by atoms with Crippen LogP contribution in [0.4, 0.5) is 0 Å². The Bertz CT molecular complexity index is 422. The molecule has 6 heteroatoms. The van der Waals surface area contributed by atoms with E-state index in [0.717, 1.165) is 5.56 Å². The second kappa shape index (κ2) is 7.55. The number of carboxylic acids is 1. The molecular weight excluding hydrogens is 258 g/mol. The molecule has 0 aliphatic heterocycles. The van der Waals surface area contributed by atoms with Crippen LogP contribution in [-0.2, 0) is 15.5 Å². The van der Waals surface area contributed by atoms with Crippen LogP contribution in [0.3, 0.4) is 0 Å². The van der Waals surface area contributed by atoms with Crippen LogP contribution < -0.4 is 10.1 Å². The molecular formula is C12H14ClNO4. The monoisotopic (exact) mass is 271 g/mol. The Labute approximate surface area is 110 Å². The first-order valence-corrected chi connectivity index (χ1v) is 5.91. The average molecular weight is 272 g/mol. The second-order valence-corrected chi connectivity index (χ2v) is 3.83. The molecule has 0 heterocycles. The molecule has 5 nitrogen and oxygen atoms in total. The summed E-state index contributed by atoms with van der Waals surface area (Å²) in [4.78, 5) is 21.5. The maximum absolute atomic E-state index is 11.3. The van der Waals surface area contributed by atoms with Gasteiger partial charge in [0.25, 0.3) is 5.91 Å².